The topological polar surface area (TPSA) is 58.2 Å². The molecule has 4 nitrogen and oxygen atoms in total. The van der Waals surface area contributed by atoms with Crippen molar-refractivity contribution in [3.05, 3.63) is 29.8 Å². The van der Waals surface area contributed by atoms with Gasteiger partial charge in [0.05, 0.1) is 4.90 Å². The zero-order chi connectivity index (χ0) is 14.6. The monoisotopic (exact) mass is 296 g/mol. The molecule has 1 fully saturated rings. The van der Waals surface area contributed by atoms with Gasteiger partial charge in [0.1, 0.15) is 0 Å². The molecule has 0 aromatic heterocycles. The van der Waals surface area contributed by atoms with E-state index in [2.05, 4.69) is 17.0 Å². The van der Waals surface area contributed by atoms with Crippen molar-refractivity contribution in [1.29, 1.82) is 0 Å². The molecule has 1 aliphatic heterocycles. The van der Waals surface area contributed by atoms with E-state index < -0.39 is 10.0 Å². The Morgan fingerprint density at radius 2 is 2.00 bits per heavy atom. The second-order valence-corrected chi connectivity index (χ2v) is 7.30. The van der Waals surface area contributed by atoms with Crippen LogP contribution in [0.2, 0.25) is 0 Å². The van der Waals surface area contributed by atoms with E-state index in [1.807, 2.05) is 19.1 Å². The van der Waals surface area contributed by atoms with Crippen LogP contribution in [0.15, 0.2) is 29.2 Å². The Morgan fingerprint density at radius 3 is 2.65 bits per heavy atom. The summed E-state index contributed by atoms with van der Waals surface area (Å²) in [6, 6.07) is 7.20. The van der Waals surface area contributed by atoms with Crippen molar-refractivity contribution >= 4 is 10.0 Å². The van der Waals surface area contributed by atoms with Gasteiger partial charge in [0.25, 0.3) is 0 Å². The molecule has 2 N–H and O–H groups in total. The van der Waals surface area contributed by atoms with Crippen LogP contribution in [0.25, 0.3) is 0 Å². The normalized spacial score (nSPS) is 23.7. The fraction of sp³-hybridized carbons (Fsp3) is 0.600. The highest BCUT2D eigenvalue weighted by molar-refractivity contribution is 7.89. The number of piperidine rings is 1. The molecule has 0 radical (unpaired) electrons. The van der Waals surface area contributed by atoms with Crippen LogP contribution in [0.5, 0.6) is 0 Å². The minimum atomic E-state index is -3.40. The lowest BCUT2D eigenvalue weighted by atomic mass is 9.89. The minimum Gasteiger partial charge on any atom is -0.312 e. The summed E-state index contributed by atoms with van der Waals surface area (Å²) in [6.45, 7) is 5.56. The maximum absolute atomic E-state index is 12.2. The molecule has 112 valence electrons. The lowest BCUT2D eigenvalue weighted by Gasteiger charge is -2.32. The van der Waals surface area contributed by atoms with Gasteiger partial charge < -0.3 is 5.32 Å². The molecule has 0 spiro atoms. The quantitative estimate of drug-likeness (QED) is 0.874. The minimum absolute atomic E-state index is 0.244. The Labute approximate surface area is 122 Å². The fourth-order valence-corrected chi connectivity index (χ4v) is 3.81. The van der Waals surface area contributed by atoms with Gasteiger partial charge in [0, 0.05) is 12.6 Å². The van der Waals surface area contributed by atoms with Crippen LogP contribution in [0, 0.1) is 12.8 Å². The maximum Gasteiger partial charge on any atom is 0.240 e. The maximum atomic E-state index is 12.2. The number of sulfonamides is 1. The smallest absolute Gasteiger partial charge is 0.240 e. The van der Waals surface area contributed by atoms with Crippen molar-refractivity contribution in [2.45, 2.75) is 44.0 Å². The van der Waals surface area contributed by atoms with Gasteiger partial charge in [0.15, 0.2) is 0 Å². The van der Waals surface area contributed by atoms with Gasteiger partial charge in [-0.3, -0.25) is 0 Å². The number of nitrogens with one attached hydrogen (secondary N) is 2. The summed E-state index contributed by atoms with van der Waals surface area (Å²) in [5.41, 5.74) is 1.06. The highest BCUT2D eigenvalue weighted by Gasteiger charge is 2.25. The predicted molar refractivity (Wildman–Crippen MR) is 81.2 cm³/mol. The van der Waals surface area contributed by atoms with E-state index in [1.54, 1.807) is 12.1 Å². The first kappa shape index (κ1) is 15.5. The summed E-state index contributed by atoms with van der Waals surface area (Å²) in [5, 5.41) is 3.43. The zero-order valence-electron chi connectivity index (χ0n) is 12.2. The molecule has 20 heavy (non-hydrogen) atoms. The predicted octanol–water partition coefficient (Wildman–Crippen LogP) is 2.05. The Balaban J connectivity index is 1.99. The molecule has 0 aliphatic carbocycles. The van der Waals surface area contributed by atoms with Gasteiger partial charge in [0.2, 0.25) is 10.0 Å². The van der Waals surface area contributed by atoms with Crippen LogP contribution in [0.4, 0.5) is 0 Å². The van der Waals surface area contributed by atoms with E-state index >= 15 is 0 Å². The number of rotatable bonds is 5. The Bertz CT molecular complexity index is 525. The summed E-state index contributed by atoms with van der Waals surface area (Å²) < 4.78 is 27.2. The molecule has 0 amide bonds. The van der Waals surface area contributed by atoms with E-state index in [0.29, 0.717) is 17.4 Å². The lowest BCUT2D eigenvalue weighted by molar-refractivity contribution is 0.273. The third-order valence-corrected chi connectivity index (χ3v) is 5.52. The molecule has 2 rings (SSSR count). The summed E-state index contributed by atoms with van der Waals surface area (Å²) in [4.78, 5) is 0.340. The first-order valence-corrected chi connectivity index (χ1v) is 8.81. The van der Waals surface area contributed by atoms with Crippen molar-refractivity contribution in [2.75, 3.05) is 13.1 Å². The molecular formula is C15H24N2O2S. The second kappa shape index (κ2) is 6.70. The molecule has 1 aliphatic rings. The Hall–Kier alpha value is -0.910. The van der Waals surface area contributed by atoms with Crippen molar-refractivity contribution in [2.24, 2.45) is 5.92 Å². The molecule has 1 saturated heterocycles. The second-order valence-electron chi connectivity index (χ2n) is 5.54. The van der Waals surface area contributed by atoms with Gasteiger partial charge in [-0.25, -0.2) is 13.1 Å². The highest BCUT2D eigenvalue weighted by atomic mass is 32.2. The van der Waals surface area contributed by atoms with Crippen molar-refractivity contribution in [1.82, 2.24) is 10.0 Å². The van der Waals surface area contributed by atoms with Crippen LogP contribution in [-0.4, -0.2) is 27.5 Å². The number of hydrogen-bond donors (Lipinski definition) is 2. The summed E-state index contributed by atoms with van der Waals surface area (Å²) in [5.74, 6) is 0.560. The van der Waals surface area contributed by atoms with Gasteiger partial charge in [-0.2, -0.15) is 0 Å². The molecule has 0 saturated carbocycles. The number of aryl methyl sites for hydroxylation is 1. The SMILES string of the molecule is CCC1CCCNC1CNS(=O)(=O)c1ccc(C)cc1. The molecule has 2 unspecified atom stereocenters. The zero-order valence-corrected chi connectivity index (χ0v) is 13.0. The average Bonchev–Trinajstić information content (AvgIpc) is 2.46. The molecule has 1 heterocycles. The van der Waals surface area contributed by atoms with Crippen molar-refractivity contribution in [3.63, 3.8) is 0 Å². The molecule has 0 bridgehead atoms. The fourth-order valence-electron chi connectivity index (χ4n) is 2.75. The van der Waals surface area contributed by atoms with E-state index in [9.17, 15) is 8.42 Å². The van der Waals surface area contributed by atoms with Crippen molar-refractivity contribution < 1.29 is 8.42 Å². The molecule has 1 aromatic rings. The largest absolute Gasteiger partial charge is 0.312 e. The van der Waals surface area contributed by atoms with Crippen LogP contribution in [0.1, 0.15) is 31.7 Å². The van der Waals surface area contributed by atoms with E-state index in [-0.39, 0.29) is 6.04 Å². The summed E-state index contributed by atoms with van der Waals surface area (Å²) >= 11 is 0. The summed E-state index contributed by atoms with van der Waals surface area (Å²) in [7, 11) is -3.40. The van der Waals surface area contributed by atoms with Crippen LogP contribution in [-0.2, 0) is 10.0 Å². The molecular weight excluding hydrogens is 272 g/mol. The van der Waals surface area contributed by atoms with Crippen molar-refractivity contribution in [3.8, 4) is 0 Å². The standard InChI is InChI=1S/C15H24N2O2S/c1-3-13-5-4-10-16-15(13)11-17-20(18,19)14-8-6-12(2)7-9-14/h6-9,13,15-17H,3-5,10-11H2,1-2H3. The van der Waals surface area contributed by atoms with Crippen LogP contribution in [0.3, 0.4) is 0 Å². The Morgan fingerprint density at radius 1 is 1.30 bits per heavy atom. The highest BCUT2D eigenvalue weighted by Crippen LogP contribution is 2.19. The Kier molecular flexibility index (Phi) is 5.18. The van der Waals surface area contributed by atoms with Gasteiger partial charge in [-0.1, -0.05) is 31.0 Å². The van der Waals surface area contributed by atoms with Gasteiger partial charge in [-0.15, -0.1) is 0 Å². The molecule has 1 aromatic carbocycles. The van der Waals surface area contributed by atoms with Crippen LogP contribution >= 0.6 is 0 Å². The lowest BCUT2D eigenvalue weighted by Crippen LogP contribution is -2.48. The van der Waals surface area contributed by atoms with E-state index in [0.717, 1.165) is 18.5 Å². The van der Waals surface area contributed by atoms with Gasteiger partial charge >= 0.3 is 0 Å². The first-order valence-electron chi connectivity index (χ1n) is 7.32. The molecule has 2 atom stereocenters. The number of hydrogen-bond acceptors (Lipinski definition) is 3. The van der Waals surface area contributed by atoms with E-state index in [4.69, 9.17) is 0 Å². The van der Waals surface area contributed by atoms with Crippen LogP contribution < -0.4 is 10.0 Å². The average molecular weight is 296 g/mol. The van der Waals surface area contributed by atoms with E-state index in [1.165, 1.54) is 12.8 Å². The molecule has 5 heteroatoms. The third-order valence-electron chi connectivity index (χ3n) is 4.08. The first-order chi connectivity index (χ1) is 9.53. The number of benzene rings is 1. The third kappa shape index (κ3) is 3.81. The van der Waals surface area contributed by atoms with Gasteiger partial charge in [-0.05, 0) is 44.4 Å². The summed E-state index contributed by atoms with van der Waals surface area (Å²) in [6.07, 6.45) is 3.45.